The summed E-state index contributed by atoms with van der Waals surface area (Å²) in [6.45, 7) is 11.8. The van der Waals surface area contributed by atoms with Gasteiger partial charge in [-0.15, -0.1) is 0 Å². The summed E-state index contributed by atoms with van der Waals surface area (Å²) in [5.74, 6) is 2.53. The van der Waals surface area contributed by atoms with Crippen LogP contribution in [0.15, 0.2) is 23.3 Å². The van der Waals surface area contributed by atoms with Crippen LogP contribution in [-0.2, 0) is 0 Å². The van der Waals surface area contributed by atoms with Gasteiger partial charge >= 0.3 is 0 Å². The van der Waals surface area contributed by atoms with E-state index < -0.39 is 0 Å². The van der Waals surface area contributed by atoms with E-state index in [4.69, 9.17) is 0 Å². The van der Waals surface area contributed by atoms with Gasteiger partial charge in [0, 0.05) is 0 Å². The van der Waals surface area contributed by atoms with E-state index in [1.54, 1.807) is 5.57 Å². The number of halogens is 2. The van der Waals surface area contributed by atoms with Gasteiger partial charge in [0.05, 0.1) is 1.43 Å². The highest BCUT2D eigenvalue weighted by atomic mass is 127. The first-order chi connectivity index (χ1) is 8.69. The molecule has 0 aromatic heterocycles. The van der Waals surface area contributed by atoms with Gasteiger partial charge in [-0.3, -0.25) is 0 Å². The molecule has 0 amide bonds. The maximum absolute atomic E-state index is 2.69. The molecule has 19 heavy (non-hydrogen) atoms. The monoisotopic (exact) mass is 484 g/mol. The summed E-state index contributed by atoms with van der Waals surface area (Å²) in [7, 11) is 0. The van der Waals surface area contributed by atoms with Crippen molar-refractivity contribution in [2.45, 2.75) is 55.3 Å². The molecule has 3 unspecified atom stereocenters. The summed E-state index contributed by atoms with van der Waals surface area (Å²) in [6, 6.07) is 0. The predicted octanol–water partition coefficient (Wildman–Crippen LogP) is 6.54. The van der Waals surface area contributed by atoms with Gasteiger partial charge in [-0.25, -0.2) is 0 Å². The molecule has 0 spiro atoms. The fourth-order valence-electron chi connectivity index (χ4n) is 4.22. The zero-order chi connectivity index (χ0) is 14.4. The lowest BCUT2D eigenvalue weighted by molar-refractivity contribution is 0.169. The maximum atomic E-state index is 2.69. The number of hydrogen-bond donors (Lipinski definition) is 0. The molecule has 0 N–H and O–H groups in total. The molecule has 0 aromatic rings. The molecule has 2 aliphatic rings. The van der Waals surface area contributed by atoms with E-state index in [1.165, 1.54) is 24.8 Å². The summed E-state index contributed by atoms with van der Waals surface area (Å²) in [5.41, 5.74) is 3.49. The second-order valence-electron chi connectivity index (χ2n) is 7.01. The summed E-state index contributed by atoms with van der Waals surface area (Å²) < 4.78 is 0.485. The Morgan fingerprint density at radius 3 is 2.53 bits per heavy atom. The van der Waals surface area contributed by atoms with Crippen molar-refractivity contribution in [2.24, 2.45) is 23.2 Å². The molecule has 0 aromatic carbocycles. The van der Waals surface area contributed by atoms with Crippen molar-refractivity contribution in [3.8, 4) is 0 Å². The summed E-state index contributed by atoms with van der Waals surface area (Å²) in [4.78, 5) is 0. The summed E-state index contributed by atoms with van der Waals surface area (Å²) in [6.07, 6.45) is 8.88. The van der Waals surface area contributed by atoms with Crippen molar-refractivity contribution >= 4 is 45.2 Å². The molecule has 0 radical (unpaired) electrons. The fourth-order valence-corrected chi connectivity index (χ4v) is 5.79. The SMILES string of the molecule is C/C=C(C)\C=C1/C(C)C2CCC(I)(I)CC2C1(C)C. The quantitative estimate of drug-likeness (QED) is 0.293. The highest BCUT2D eigenvalue weighted by Crippen LogP contribution is 2.62. The Labute approximate surface area is 146 Å². The van der Waals surface area contributed by atoms with E-state index in [0.29, 0.717) is 6.84 Å². The van der Waals surface area contributed by atoms with Crippen LogP contribution in [-0.4, -0.2) is 1.43 Å². The van der Waals surface area contributed by atoms with Crippen molar-refractivity contribution in [3.05, 3.63) is 23.3 Å². The molecule has 2 heteroatoms. The van der Waals surface area contributed by atoms with E-state index in [-0.39, 0.29) is 0 Å². The first kappa shape index (κ1) is 16.3. The van der Waals surface area contributed by atoms with Crippen LogP contribution in [0.1, 0.15) is 53.9 Å². The Morgan fingerprint density at radius 1 is 1.32 bits per heavy atom. The van der Waals surface area contributed by atoms with Crippen LogP contribution in [0.2, 0.25) is 0 Å². The molecule has 0 bridgehead atoms. The standard InChI is InChI=1S/C17H26I2/c1-6-11(2)9-14-12(3)13-7-8-17(18,19)10-15(13)16(14,4)5/h6,9,12-13,15H,7-8,10H2,1-5H3/b11-6-,14-9+. The first-order valence-corrected chi connectivity index (χ1v) is 9.57. The van der Waals surface area contributed by atoms with Crippen LogP contribution in [0.3, 0.4) is 0 Å². The molecule has 0 nitrogen and oxygen atoms in total. The summed E-state index contributed by atoms with van der Waals surface area (Å²) in [5, 5.41) is 0. The van der Waals surface area contributed by atoms with E-state index >= 15 is 0 Å². The molecule has 3 atom stereocenters. The van der Waals surface area contributed by atoms with E-state index in [2.05, 4.69) is 92.0 Å². The van der Waals surface area contributed by atoms with Gasteiger partial charge in [-0.2, -0.15) is 0 Å². The van der Waals surface area contributed by atoms with E-state index in [9.17, 15) is 0 Å². The van der Waals surface area contributed by atoms with Gasteiger partial charge in [0.15, 0.2) is 0 Å². The van der Waals surface area contributed by atoms with Crippen LogP contribution in [0, 0.1) is 23.2 Å². The Bertz CT molecular complexity index is 415. The maximum Gasteiger partial charge on any atom is 0.0738 e. The second-order valence-corrected chi connectivity index (χ2v) is 13.2. The van der Waals surface area contributed by atoms with Crippen molar-refractivity contribution in [1.82, 2.24) is 0 Å². The van der Waals surface area contributed by atoms with Gasteiger partial charge in [0.2, 0.25) is 0 Å². The van der Waals surface area contributed by atoms with Crippen LogP contribution in [0.5, 0.6) is 0 Å². The van der Waals surface area contributed by atoms with Crippen molar-refractivity contribution in [3.63, 3.8) is 0 Å². The number of allylic oxidation sites excluding steroid dienone is 4. The Kier molecular flexibility index (Phi) is 4.82. The molecule has 0 saturated heterocycles. The van der Waals surface area contributed by atoms with Gasteiger partial charge in [-0.1, -0.05) is 89.3 Å². The molecule has 2 saturated carbocycles. The van der Waals surface area contributed by atoms with Crippen molar-refractivity contribution in [2.75, 3.05) is 0 Å². The number of fused-ring (bicyclic) bond motifs is 1. The lowest BCUT2D eigenvalue weighted by Gasteiger charge is -2.40. The largest absolute Gasteiger partial charge is 0.0847 e. The van der Waals surface area contributed by atoms with Gasteiger partial charge in [-0.05, 0) is 56.3 Å². The highest BCUT2D eigenvalue weighted by Gasteiger charge is 2.53. The smallest absolute Gasteiger partial charge is 0.0738 e. The topological polar surface area (TPSA) is 0 Å². The lowest BCUT2D eigenvalue weighted by atomic mass is 9.70. The summed E-state index contributed by atoms with van der Waals surface area (Å²) >= 11 is 5.37. The molecular weight excluding hydrogens is 458 g/mol. The highest BCUT2D eigenvalue weighted by molar-refractivity contribution is 14.2. The fraction of sp³-hybridized carbons (Fsp3) is 0.765. The Hall–Kier alpha value is 0.940. The Morgan fingerprint density at radius 2 is 1.95 bits per heavy atom. The predicted molar refractivity (Wildman–Crippen MR) is 102 cm³/mol. The minimum atomic E-state index is 0.371. The van der Waals surface area contributed by atoms with Crippen molar-refractivity contribution < 1.29 is 0 Å². The van der Waals surface area contributed by atoms with Crippen LogP contribution < -0.4 is 0 Å². The number of alkyl halides is 2. The lowest BCUT2D eigenvalue weighted by Crippen LogP contribution is -2.34. The zero-order valence-corrected chi connectivity index (χ0v) is 17.1. The van der Waals surface area contributed by atoms with Gasteiger partial charge < -0.3 is 0 Å². The Balaban J connectivity index is 2.38. The minimum absolute atomic E-state index is 0.371. The number of rotatable bonds is 1. The molecule has 0 heterocycles. The molecular formula is C17H26I2. The van der Waals surface area contributed by atoms with Crippen molar-refractivity contribution in [1.29, 1.82) is 0 Å². The van der Waals surface area contributed by atoms with E-state index in [1.807, 2.05) is 0 Å². The third-order valence-corrected chi connectivity index (χ3v) is 7.48. The second kappa shape index (κ2) is 5.62. The third kappa shape index (κ3) is 3.09. The third-order valence-electron chi connectivity index (χ3n) is 5.52. The average molecular weight is 484 g/mol. The molecule has 2 fully saturated rings. The van der Waals surface area contributed by atoms with E-state index in [0.717, 1.165) is 17.8 Å². The van der Waals surface area contributed by atoms with Crippen LogP contribution in [0.25, 0.3) is 0 Å². The first-order valence-electron chi connectivity index (χ1n) is 7.42. The average Bonchev–Trinajstić information content (AvgIpc) is 2.49. The molecule has 0 aliphatic heterocycles. The van der Waals surface area contributed by atoms with Crippen LogP contribution >= 0.6 is 45.2 Å². The van der Waals surface area contributed by atoms with Gasteiger partial charge in [0.1, 0.15) is 0 Å². The minimum Gasteiger partial charge on any atom is -0.0847 e. The molecule has 2 aliphatic carbocycles. The van der Waals surface area contributed by atoms with Crippen LogP contribution in [0.4, 0.5) is 0 Å². The zero-order valence-electron chi connectivity index (χ0n) is 12.8. The van der Waals surface area contributed by atoms with Gasteiger partial charge in [0.25, 0.3) is 0 Å². The molecule has 2 rings (SSSR count). The number of hydrogen-bond acceptors (Lipinski definition) is 0. The normalized spacial score (nSPS) is 39.4. The molecule has 108 valence electrons.